The maximum absolute atomic E-state index is 8.38. The van der Waals surface area contributed by atoms with E-state index in [9.17, 15) is 0 Å². The first-order valence-corrected chi connectivity index (χ1v) is 1.50. The molecule has 0 saturated carbocycles. The Morgan fingerprint density at radius 1 is 1.20 bits per heavy atom. The van der Waals surface area contributed by atoms with E-state index < -0.39 is 0 Å². The van der Waals surface area contributed by atoms with Crippen molar-refractivity contribution in [2.45, 2.75) is 0 Å². The van der Waals surface area contributed by atoms with Gasteiger partial charge >= 0.3 is 67.5 Å². The van der Waals surface area contributed by atoms with Crippen molar-refractivity contribution in [2.24, 2.45) is 0 Å². The van der Waals surface area contributed by atoms with Crippen molar-refractivity contribution in [3.05, 3.63) is 0 Å². The van der Waals surface area contributed by atoms with Crippen LogP contribution in [0.2, 0.25) is 0 Å². The molecule has 0 atom stereocenters. The van der Waals surface area contributed by atoms with Crippen LogP contribution in [0.3, 0.4) is 0 Å². The van der Waals surface area contributed by atoms with Gasteiger partial charge in [0.25, 0.3) is 0 Å². The SMILES string of the molecule is [GaH3].[Hf].[InH3].[O]=[Zn]. The molecule has 0 aromatic heterocycles. The molecule has 5 heavy (non-hydrogen) atoms. The number of rotatable bonds is 0. The van der Waals surface area contributed by atoms with Crippen molar-refractivity contribution in [1.82, 2.24) is 0 Å². The topological polar surface area (TPSA) is 17.1 Å². The van der Waals surface area contributed by atoms with Gasteiger partial charge in [0.05, 0.1) is 0 Å². The predicted octanol–water partition coefficient (Wildman–Crippen LogP) is -2.49. The van der Waals surface area contributed by atoms with E-state index in [1.807, 2.05) is 0 Å². The summed E-state index contributed by atoms with van der Waals surface area (Å²) in [5.41, 5.74) is 0. The molecule has 0 spiro atoms. The van der Waals surface area contributed by atoms with Crippen LogP contribution in [0.5, 0.6) is 0 Å². The van der Waals surface area contributed by atoms with Gasteiger partial charge < -0.3 is 0 Å². The van der Waals surface area contributed by atoms with Crippen LogP contribution in [0.4, 0.5) is 0 Å². The van der Waals surface area contributed by atoms with Gasteiger partial charge in [-0.3, -0.25) is 0 Å². The van der Waals surface area contributed by atoms with Crippen LogP contribution in [-0.2, 0) is 47.7 Å². The predicted molar refractivity (Wildman–Crippen MR) is 20.6 cm³/mol. The van der Waals surface area contributed by atoms with Crippen LogP contribution in [0, 0.1) is 0 Å². The zero-order valence-corrected chi connectivity index (χ0v) is 8.18. The van der Waals surface area contributed by atoms with Gasteiger partial charge in [-0.2, -0.15) is 0 Å². The Morgan fingerprint density at radius 3 is 1.20 bits per heavy atom. The molecular weight excluding hydrogens is 444 g/mol. The molecule has 0 rings (SSSR count). The monoisotopic (exact) mass is 450 g/mol. The van der Waals surface area contributed by atoms with Gasteiger partial charge in [-0.25, -0.2) is 0 Å². The first-order valence-electron chi connectivity index (χ1n) is 0.289. The Hall–Kier alpha value is 2.80. The molecule has 0 heterocycles. The van der Waals surface area contributed by atoms with Crippen molar-refractivity contribution >= 4 is 45.6 Å². The molecule has 0 aliphatic carbocycles. The van der Waals surface area contributed by atoms with Crippen LogP contribution in [-0.4, -0.2) is 45.6 Å². The molecule has 5 heteroatoms. The first kappa shape index (κ1) is 25.0. The third-order valence-corrected chi connectivity index (χ3v) is 0. The Morgan fingerprint density at radius 2 is 1.20 bits per heavy atom. The third kappa shape index (κ3) is 20.0. The quantitative estimate of drug-likeness (QED) is 0.374. The second-order valence-electron chi connectivity index (χ2n) is 0. The van der Waals surface area contributed by atoms with Gasteiger partial charge in [0.1, 0.15) is 0 Å². The molecule has 24 valence electrons. The molecule has 1 nitrogen and oxygen atoms in total. The zero-order valence-electron chi connectivity index (χ0n) is 1.62. The van der Waals surface area contributed by atoms with E-state index in [0.29, 0.717) is 0 Å². The molecule has 0 aromatic rings. The second kappa shape index (κ2) is 29.2. The summed E-state index contributed by atoms with van der Waals surface area (Å²) in [7, 11) is 0. The zero-order chi connectivity index (χ0) is 2.00. The fourth-order valence-electron chi connectivity index (χ4n) is 0. The van der Waals surface area contributed by atoms with E-state index >= 15 is 0 Å². The summed E-state index contributed by atoms with van der Waals surface area (Å²) >= 11 is 0.125. The Balaban J connectivity index is -0.00000000167. The summed E-state index contributed by atoms with van der Waals surface area (Å²) in [5.74, 6) is 0. The Bertz CT molecular complexity index is 11.6. The summed E-state index contributed by atoms with van der Waals surface area (Å²) < 4.78 is 8.38. The van der Waals surface area contributed by atoms with E-state index in [-0.39, 0.29) is 89.7 Å². The molecule has 0 saturated heterocycles. The summed E-state index contributed by atoms with van der Waals surface area (Å²) in [5, 5.41) is 0. The Kier molecular flexibility index (Phi) is 146. The molecule has 0 aliphatic rings. The average Bonchev–Trinajstić information content (AvgIpc) is 1.00. The van der Waals surface area contributed by atoms with E-state index in [0.717, 1.165) is 0 Å². The number of hydrogen-bond acceptors (Lipinski definition) is 1. The molecule has 0 aliphatic heterocycles. The summed E-state index contributed by atoms with van der Waals surface area (Å²) in [4.78, 5) is 0. The average molecular weight is 450 g/mol. The van der Waals surface area contributed by atoms with E-state index in [4.69, 9.17) is 3.57 Å². The fourth-order valence-corrected chi connectivity index (χ4v) is 0. The standard InChI is InChI=1S/Ga.Hf.In.O.Zn.6H. The van der Waals surface area contributed by atoms with Crippen molar-refractivity contribution in [2.75, 3.05) is 0 Å². The van der Waals surface area contributed by atoms with Crippen molar-refractivity contribution < 1.29 is 47.7 Å². The third-order valence-electron chi connectivity index (χ3n) is 0. The van der Waals surface area contributed by atoms with Crippen LogP contribution in [0.15, 0.2) is 0 Å². The summed E-state index contributed by atoms with van der Waals surface area (Å²) in [6.07, 6.45) is 0. The van der Waals surface area contributed by atoms with Gasteiger partial charge in [0, 0.05) is 25.8 Å². The van der Waals surface area contributed by atoms with Gasteiger partial charge in [0.2, 0.25) is 0 Å². The van der Waals surface area contributed by atoms with Crippen LogP contribution in [0.25, 0.3) is 0 Å². The van der Waals surface area contributed by atoms with Gasteiger partial charge in [-0.15, -0.1) is 0 Å². The summed E-state index contributed by atoms with van der Waals surface area (Å²) in [6.45, 7) is 0. The first-order chi connectivity index (χ1) is 1.00. The van der Waals surface area contributed by atoms with E-state index in [1.165, 1.54) is 0 Å². The van der Waals surface area contributed by atoms with Gasteiger partial charge in [0.15, 0.2) is 0 Å². The molecule has 0 unspecified atom stereocenters. The van der Waals surface area contributed by atoms with Crippen LogP contribution < -0.4 is 0 Å². The summed E-state index contributed by atoms with van der Waals surface area (Å²) in [6, 6.07) is 0. The minimum atomic E-state index is 0. The van der Waals surface area contributed by atoms with Crippen LogP contribution in [0.1, 0.15) is 0 Å². The minimum absolute atomic E-state index is 0. The molecule has 0 amide bonds. The van der Waals surface area contributed by atoms with Gasteiger partial charge in [-0.05, 0) is 0 Å². The van der Waals surface area contributed by atoms with Crippen molar-refractivity contribution in [3.63, 3.8) is 0 Å². The van der Waals surface area contributed by atoms with E-state index in [2.05, 4.69) is 0 Å². The van der Waals surface area contributed by atoms with Crippen molar-refractivity contribution in [1.29, 1.82) is 0 Å². The Labute approximate surface area is 91.6 Å². The molecule has 0 bridgehead atoms. The second-order valence-corrected chi connectivity index (χ2v) is 0. The fraction of sp³-hybridized carbons (Fsp3) is 0. The molecular formula is H6GaHfInOZn. The number of hydrogen-bond donors (Lipinski definition) is 0. The molecule has 0 aromatic carbocycles. The van der Waals surface area contributed by atoms with E-state index in [1.54, 1.807) is 0 Å². The van der Waals surface area contributed by atoms with Crippen molar-refractivity contribution in [3.8, 4) is 0 Å². The molecule has 0 fully saturated rings. The van der Waals surface area contributed by atoms with Gasteiger partial charge in [-0.1, -0.05) is 0 Å². The normalized spacial score (nSPS) is 1.20. The molecule has 0 radical (unpaired) electrons. The molecule has 0 N–H and O–H groups in total. The maximum atomic E-state index is 8.38. The van der Waals surface area contributed by atoms with Crippen LogP contribution >= 0.6 is 0 Å².